The van der Waals surface area contributed by atoms with Gasteiger partial charge in [0, 0.05) is 19.6 Å². The molecule has 1 fully saturated rings. The van der Waals surface area contributed by atoms with Crippen LogP contribution < -0.4 is 10.2 Å². The van der Waals surface area contributed by atoms with E-state index in [1.54, 1.807) is 6.92 Å². The maximum Gasteiger partial charge on any atom is 0.416 e. The Kier molecular flexibility index (Phi) is 7.23. The number of hydrogen-bond acceptors (Lipinski definition) is 4. The Bertz CT molecular complexity index is 911. The second-order valence-electron chi connectivity index (χ2n) is 7.84. The summed E-state index contributed by atoms with van der Waals surface area (Å²) in [6.07, 6.45) is -4.49. The van der Waals surface area contributed by atoms with Crippen LogP contribution in [0.1, 0.15) is 23.6 Å². The molecule has 0 bridgehead atoms. The highest BCUT2D eigenvalue weighted by molar-refractivity contribution is 5.97. The van der Waals surface area contributed by atoms with E-state index < -0.39 is 17.8 Å². The lowest BCUT2D eigenvalue weighted by atomic mass is 10.1. The van der Waals surface area contributed by atoms with Crippen LogP contribution in [0.4, 0.5) is 24.5 Å². The summed E-state index contributed by atoms with van der Waals surface area (Å²) in [7, 11) is 1.83. The van der Waals surface area contributed by atoms with Crippen LogP contribution in [0.5, 0.6) is 0 Å². The van der Waals surface area contributed by atoms with E-state index in [1.807, 2.05) is 48.0 Å². The molecule has 168 valence electrons. The van der Waals surface area contributed by atoms with Crippen LogP contribution in [0, 0.1) is 6.92 Å². The summed E-state index contributed by atoms with van der Waals surface area (Å²) in [6.45, 7) is 6.39. The predicted octanol–water partition coefficient (Wildman–Crippen LogP) is 4.31. The molecule has 0 radical (unpaired) electrons. The molecule has 2 aromatic rings. The zero-order valence-electron chi connectivity index (χ0n) is 18.0. The standard InChI is InChI=1S/C23H28F3N3O2/c1-16-6-4-5-7-18(16)15-28(3)17(2)22(30)27-20-14-19(23(24,25)26)8-9-21(20)29-10-12-31-13-11-29/h4-9,14,17H,10-13,15H2,1-3H3,(H,27,30). The molecule has 1 unspecified atom stereocenters. The van der Waals surface area contributed by atoms with E-state index in [0.717, 1.165) is 23.3 Å². The Morgan fingerprint density at radius 3 is 2.52 bits per heavy atom. The Labute approximate surface area is 180 Å². The molecule has 0 spiro atoms. The number of carbonyl (C=O) groups excluding carboxylic acids is 1. The van der Waals surface area contributed by atoms with Gasteiger partial charge in [-0.15, -0.1) is 0 Å². The summed E-state index contributed by atoms with van der Waals surface area (Å²) >= 11 is 0. The molecule has 8 heteroatoms. The van der Waals surface area contributed by atoms with Crippen molar-refractivity contribution in [1.82, 2.24) is 4.90 Å². The van der Waals surface area contributed by atoms with Crippen molar-refractivity contribution in [3.63, 3.8) is 0 Å². The van der Waals surface area contributed by atoms with Crippen LogP contribution in [0.3, 0.4) is 0 Å². The van der Waals surface area contributed by atoms with Crippen molar-refractivity contribution in [1.29, 1.82) is 0 Å². The van der Waals surface area contributed by atoms with Crippen LogP contribution in [0.25, 0.3) is 0 Å². The number of alkyl halides is 3. The minimum absolute atomic E-state index is 0.165. The highest BCUT2D eigenvalue weighted by Crippen LogP contribution is 2.36. The first kappa shape index (κ1) is 23.1. The van der Waals surface area contributed by atoms with Gasteiger partial charge in [-0.05, 0) is 50.2 Å². The highest BCUT2D eigenvalue weighted by atomic mass is 19.4. The maximum absolute atomic E-state index is 13.3. The number of benzene rings is 2. The highest BCUT2D eigenvalue weighted by Gasteiger charge is 2.32. The lowest BCUT2D eigenvalue weighted by Gasteiger charge is -2.31. The van der Waals surface area contributed by atoms with Gasteiger partial charge in [0.25, 0.3) is 0 Å². The summed E-state index contributed by atoms with van der Waals surface area (Å²) in [5.74, 6) is -0.357. The molecule has 1 amide bonds. The monoisotopic (exact) mass is 435 g/mol. The van der Waals surface area contributed by atoms with Gasteiger partial charge in [-0.2, -0.15) is 13.2 Å². The first-order valence-corrected chi connectivity index (χ1v) is 10.3. The van der Waals surface area contributed by atoms with E-state index in [2.05, 4.69) is 5.32 Å². The molecule has 1 saturated heterocycles. The number of amides is 1. The second-order valence-corrected chi connectivity index (χ2v) is 7.84. The van der Waals surface area contributed by atoms with Crippen molar-refractivity contribution >= 4 is 17.3 Å². The van der Waals surface area contributed by atoms with Gasteiger partial charge in [-0.3, -0.25) is 9.69 Å². The zero-order valence-corrected chi connectivity index (χ0v) is 18.0. The number of hydrogen-bond donors (Lipinski definition) is 1. The fraction of sp³-hybridized carbons (Fsp3) is 0.435. The van der Waals surface area contributed by atoms with Gasteiger partial charge in [0.1, 0.15) is 0 Å². The number of nitrogens with one attached hydrogen (secondary N) is 1. The lowest BCUT2D eigenvalue weighted by Crippen LogP contribution is -2.40. The molecular formula is C23H28F3N3O2. The third-order valence-electron chi connectivity index (χ3n) is 5.66. The number of rotatable bonds is 6. The minimum Gasteiger partial charge on any atom is -0.378 e. The van der Waals surface area contributed by atoms with E-state index in [1.165, 1.54) is 6.07 Å². The number of ether oxygens (including phenoxy) is 1. The van der Waals surface area contributed by atoms with Crippen LogP contribution in [0.15, 0.2) is 42.5 Å². The van der Waals surface area contributed by atoms with E-state index in [-0.39, 0.29) is 11.6 Å². The third kappa shape index (κ3) is 5.77. The fourth-order valence-corrected chi connectivity index (χ4v) is 3.52. The summed E-state index contributed by atoms with van der Waals surface area (Å²) < 4.78 is 45.2. The molecule has 0 aromatic heterocycles. The smallest absolute Gasteiger partial charge is 0.378 e. The van der Waals surface area contributed by atoms with E-state index in [0.29, 0.717) is 38.5 Å². The molecule has 1 N–H and O–H groups in total. The Morgan fingerprint density at radius 2 is 1.87 bits per heavy atom. The quantitative estimate of drug-likeness (QED) is 0.735. The van der Waals surface area contributed by atoms with Gasteiger partial charge in [-0.25, -0.2) is 0 Å². The first-order valence-electron chi connectivity index (χ1n) is 10.3. The van der Waals surface area contributed by atoms with Gasteiger partial charge in [0.2, 0.25) is 5.91 Å². The molecule has 0 saturated carbocycles. The largest absolute Gasteiger partial charge is 0.416 e. The molecule has 3 rings (SSSR count). The number of carbonyl (C=O) groups is 1. The van der Waals surface area contributed by atoms with Gasteiger partial charge in [0.05, 0.1) is 36.2 Å². The van der Waals surface area contributed by atoms with Gasteiger partial charge in [0.15, 0.2) is 0 Å². The Balaban J connectivity index is 1.80. The van der Waals surface area contributed by atoms with Crippen molar-refractivity contribution in [3.05, 3.63) is 59.2 Å². The van der Waals surface area contributed by atoms with Crippen LogP contribution in [-0.4, -0.2) is 50.2 Å². The molecule has 2 aromatic carbocycles. The number of anilines is 2. The number of nitrogens with zero attached hydrogens (tertiary/aromatic N) is 2. The number of likely N-dealkylation sites (N-methyl/N-ethyl adjacent to an activating group) is 1. The number of aryl methyl sites for hydroxylation is 1. The fourth-order valence-electron chi connectivity index (χ4n) is 3.52. The average molecular weight is 435 g/mol. The Hall–Kier alpha value is -2.58. The summed E-state index contributed by atoms with van der Waals surface area (Å²) in [4.78, 5) is 16.8. The molecule has 1 aliphatic heterocycles. The SMILES string of the molecule is Cc1ccccc1CN(C)C(C)C(=O)Nc1cc(C(F)(F)F)ccc1N1CCOCC1. The lowest BCUT2D eigenvalue weighted by molar-refractivity contribution is -0.137. The van der Waals surface area contributed by atoms with E-state index in [9.17, 15) is 18.0 Å². The predicted molar refractivity (Wildman–Crippen MR) is 115 cm³/mol. The van der Waals surface area contributed by atoms with Crippen LogP contribution >= 0.6 is 0 Å². The maximum atomic E-state index is 13.3. The van der Waals surface area contributed by atoms with Crippen molar-refractivity contribution in [3.8, 4) is 0 Å². The normalized spacial score (nSPS) is 15.8. The molecule has 1 heterocycles. The van der Waals surface area contributed by atoms with Gasteiger partial charge < -0.3 is 15.0 Å². The molecule has 31 heavy (non-hydrogen) atoms. The van der Waals surface area contributed by atoms with Gasteiger partial charge >= 0.3 is 6.18 Å². The third-order valence-corrected chi connectivity index (χ3v) is 5.66. The number of halogens is 3. The Morgan fingerprint density at radius 1 is 1.19 bits per heavy atom. The molecule has 1 aliphatic rings. The summed E-state index contributed by atoms with van der Waals surface area (Å²) in [5, 5.41) is 2.74. The second kappa shape index (κ2) is 9.70. The minimum atomic E-state index is -4.49. The molecule has 5 nitrogen and oxygen atoms in total. The van der Waals surface area contributed by atoms with E-state index in [4.69, 9.17) is 4.74 Å². The molecule has 0 aliphatic carbocycles. The van der Waals surface area contributed by atoms with Gasteiger partial charge in [-0.1, -0.05) is 24.3 Å². The average Bonchev–Trinajstić information content (AvgIpc) is 2.74. The van der Waals surface area contributed by atoms with Crippen molar-refractivity contribution in [2.75, 3.05) is 43.6 Å². The summed E-state index contributed by atoms with van der Waals surface area (Å²) in [6, 6.07) is 10.8. The summed E-state index contributed by atoms with van der Waals surface area (Å²) in [5.41, 5.74) is 2.16. The van der Waals surface area contributed by atoms with Crippen molar-refractivity contribution < 1.29 is 22.7 Å². The molecular weight excluding hydrogens is 407 g/mol. The zero-order chi connectivity index (χ0) is 22.6. The van der Waals surface area contributed by atoms with Crippen molar-refractivity contribution in [2.24, 2.45) is 0 Å². The van der Waals surface area contributed by atoms with Crippen LogP contribution in [-0.2, 0) is 22.3 Å². The first-order chi connectivity index (χ1) is 14.7. The van der Waals surface area contributed by atoms with E-state index >= 15 is 0 Å². The van der Waals surface area contributed by atoms with Crippen molar-refractivity contribution in [2.45, 2.75) is 32.6 Å². The topological polar surface area (TPSA) is 44.8 Å². The molecule has 1 atom stereocenters. The number of morpholine rings is 1. The van der Waals surface area contributed by atoms with Crippen LogP contribution in [0.2, 0.25) is 0 Å².